The Morgan fingerprint density at radius 1 is 1.39 bits per heavy atom. The number of ether oxygens (including phenoxy) is 1. The van der Waals surface area contributed by atoms with E-state index in [0.29, 0.717) is 12.8 Å². The van der Waals surface area contributed by atoms with E-state index in [-0.39, 0.29) is 6.04 Å². The van der Waals surface area contributed by atoms with E-state index in [2.05, 4.69) is 0 Å². The molecule has 0 aliphatic carbocycles. The van der Waals surface area contributed by atoms with Gasteiger partial charge in [-0.25, -0.2) is 9.18 Å². The van der Waals surface area contributed by atoms with Crippen LogP contribution in [0.2, 0.25) is 0 Å². The van der Waals surface area contributed by atoms with Gasteiger partial charge in [-0.2, -0.15) is 0 Å². The van der Waals surface area contributed by atoms with Crippen LogP contribution in [0.25, 0.3) is 0 Å². The van der Waals surface area contributed by atoms with Gasteiger partial charge in [-0.15, -0.1) is 0 Å². The van der Waals surface area contributed by atoms with Gasteiger partial charge in [0.1, 0.15) is 11.8 Å². The van der Waals surface area contributed by atoms with Crippen LogP contribution in [-0.2, 0) is 4.74 Å². The van der Waals surface area contributed by atoms with E-state index < -0.39 is 30.0 Å². The molecule has 2 rings (SSSR count). The number of carbonyl (C=O) groups excluding carboxylic acids is 1. The van der Waals surface area contributed by atoms with Crippen molar-refractivity contribution >= 4 is 6.09 Å². The minimum Gasteiger partial charge on any atom is -0.444 e. The summed E-state index contributed by atoms with van der Waals surface area (Å²) < 4.78 is 19.3. The molecular weight excluding hydrogens is 237 g/mol. The first-order chi connectivity index (χ1) is 8.29. The van der Waals surface area contributed by atoms with Gasteiger partial charge in [-0.1, -0.05) is 0 Å². The van der Waals surface area contributed by atoms with E-state index >= 15 is 0 Å². The summed E-state index contributed by atoms with van der Waals surface area (Å²) in [4.78, 5) is 13.7. The van der Waals surface area contributed by atoms with Crippen molar-refractivity contribution < 1.29 is 19.0 Å². The average molecular weight is 259 g/mol. The van der Waals surface area contributed by atoms with Crippen molar-refractivity contribution in [1.29, 1.82) is 0 Å². The summed E-state index contributed by atoms with van der Waals surface area (Å²) in [5.41, 5.74) is -0.576. The summed E-state index contributed by atoms with van der Waals surface area (Å²) in [6.45, 7) is 5.39. The molecular formula is C13H22FNO3. The number of nitrogens with zero attached hydrogens (tertiary/aromatic N) is 1. The number of piperidine rings is 2. The average Bonchev–Trinajstić information content (AvgIpc) is 2.23. The highest BCUT2D eigenvalue weighted by Gasteiger charge is 2.48. The maximum absolute atomic E-state index is 14.0. The second-order valence-corrected chi connectivity index (χ2v) is 6.29. The minimum atomic E-state index is -1.35. The lowest BCUT2D eigenvalue weighted by Gasteiger charge is -2.49. The van der Waals surface area contributed by atoms with E-state index in [9.17, 15) is 14.3 Å². The van der Waals surface area contributed by atoms with Gasteiger partial charge in [0.2, 0.25) is 0 Å². The molecule has 1 amide bonds. The SMILES string of the molecule is CC(C)(C)OC(=O)N1C2CCCC1[C@H](F)[C@@H](O)C2. The number of amides is 1. The van der Waals surface area contributed by atoms with Crippen LogP contribution in [-0.4, -0.2) is 46.1 Å². The van der Waals surface area contributed by atoms with Crippen molar-refractivity contribution in [3.63, 3.8) is 0 Å². The number of hydrogen-bond donors (Lipinski definition) is 1. The van der Waals surface area contributed by atoms with E-state index in [1.165, 1.54) is 4.90 Å². The maximum atomic E-state index is 14.0. The fourth-order valence-electron chi connectivity index (χ4n) is 2.92. The van der Waals surface area contributed by atoms with Crippen molar-refractivity contribution in [2.45, 2.75) is 76.4 Å². The molecule has 0 aromatic heterocycles. The van der Waals surface area contributed by atoms with Gasteiger partial charge in [0.15, 0.2) is 0 Å². The Morgan fingerprint density at radius 3 is 2.67 bits per heavy atom. The van der Waals surface area contributed by atoms with Crippen LogP contribution in [0.4, 0.5) is 9.18 Å². The summed E-state index contributed by atoms with van der Waals surface area (Å²) in [5, 5.41) is 9.66. The summed E-state index contributed by atoms with van der Waals surface area (Å²) in [6.07, 6.45) is -0.105. The summed E-state index contributed by atoms with van der Waals surface area (Å²) in [7, 11) is 0. The highest BCUT2D eigenvalue weighted by molar-refractivity contribution is 5.69. The van der Waals surface area contributed by atoms with Crippen LogP contribution in [0.3, 0.4) is 0 Å². The number of alkyl halides is 1. The monoisotopic (exact) mass is 259 g/mol. The Morgan fingerprint density at radius 2 is 2.06 bits per heavy atom. The zero-order chi connectivity index (χ0) is 13.5. The molecule has 104 valence electrons. The predicted molar refractivity (Wildman–Crippen MR) is 65.0 cm³/mol. The normalized spacial score (nSPS) is 36.4. The number of aliphatic hydroxyl groups is 1. The molecule has 2 fully saturated rings. The lowest BCUT2D eigenvalue weighted by Crippen LogP contribution is -2.62. The Hall–Kier alpha value is -0.840. The van der Waals surface area contributed by atoms with Gasteiger partial charge in [0.25, 0.3) is 0 Å². The Labute approximate surface area is 107 Å². The third kappa shape index (κ3) is 2.60. The van der Waals surface area contributed by atoms with Gasteiger partial charge in [0, 0.05) is 6.04 Å². The molecule has 0 spiro atoms. The van der Waals surface area contributed by atoms with Crippen LogP contribution in [0.5, 0.6) is 0 Å². The van der Waals surface area contributed by atoms with Gasteiger partial charge in [0.05, 0.1) is 12.1 Å². The van der Waals surface area contributed by atoms with Gasteiger partial charge >= 0.3 is 6.09 Å². The number of halogens is 1. The molecule has 0 radical (unpaired) electrons. The van der Waals surface area contributed by atoms with Crippen LogP contribution < -0.4 is 0 Å². The maximum Gasteiger partial charge on any atom is 0.410 e. The quantitative estimate of drug-likeness (QED) is 0.726. The molecule has 2 aliphatic heterocycles. The van der Waals surface area contributed by atoms with Crippen molar-refractivity contribution in [1.82, 2.24) is 4.90 Å². The second kappa shape index (κ2) is 4.68. The zero-order valence-electron chi connectivity index (χ0n) is 11.2. The first-order valence-corrected chi connectivity index (χ1v) is 6.63. The Kier molecular flexibility index (Phi) is 3.54. The molecule has 0 aromatic carbocycles. The highest BCUT2D eigenvalue weighted by Crippen LogP contribution is 2.36. The molecule has 0 saturated carbocycles. The highest BCUT2D eigenvalue weighted by atomic mass is 19.1. The third-order valence-electron chi connectivity index (χ3n) is 3.64. The number of carbonyl (C=O) groups is 1. The molecule has 2 heterocycles. The number of fused-ring (bicyclic) bond motifs is 2. The fourth-order valence-corrected chi connectivity index (χ4v) is 2.92. The minimum absolute atomic E-state index is 0.0828. The summed E-state index contributed by atoms with van der Waals surface area (Å²) in [6, 6.07) is -0.608. The van der Waals surface area contributed by atoms with Crippen molar-refractivity contribution in [2.75, 3.05) is 0 Å². The molecule has 18 heavy (non-hydrogen) atoms. The number of rotatable bonds is 0. The molecule has 4 nitrogen and oxygen atoms in total. The van der Waals surface area contributed by atoms with Gasteiger partial charge < -0.3 is 9.84 Å². The van der Waals surface area contributed by atoms with Crippen LogP contribution >= 0.6 is 0 Å². The molecule has 0 aromatic rings. The molecule has 2 saturated heterocycles. The predicted octanol–water partition coefficient (Wildman–Crippen LogP) is 2.25. The van der Waals surface area contributed by atoms with E-state index in [1.54, 1.807) is 20.8 Å². The Bertz CT molecular complexity index is 329. The first kappa shape index (κ1) is 13.6. The van der Waals surface area contributed by atoms with Crippen molar-refractivity contribution in [3.8, 4) is 0 Å². The van der Waals surface area contributed by atoms with Gasteiger partial charge in [-0.05, 0) is 46.5 Å². The van der Waals surface area contributed by atoms with E-state index in [0.717, 1.165) is 12.8 Å². The number of hydrogen-bond acceptors (Lipinski definition) is 3. The van der Waals surface area contributed by atoms with Gasteiger partial charge in [-0.3, -0.25) is 4.90 Å². The summed E-state index contributed by atoms with van der Waals surface area (Å²) >= 11 is 0. The molecule has 2 unspecified atom stereocenters. The van der Waals surface area contributed by atoms with Crippen LogP contribution in [0.15, 0.2) is 0 Å². The zero-order valence-corrected chi connectivity index (χ0v) is 11.2. The largest absolute Gasteiger partial charge is 0.444 e. The Balaban J connectivity index is 2.14. The number of aliphatic hydroxyl groups excluding tert-OH is 1. The molecule has 2 aliphatic rings. The van der Waals surface area contributed by atoms with Crippen LogP contribution in [0, 0.1) is 0 Å². The lowest BCUT2D eigenvalue weighted by molar-refractivity contribution is -0.0865. The standard InChI is InChI=1S/C13H22FNO3/c1-13(2,3)18-12(17)15-8-5-4-6-9(15)11(14)10(16)7-8/h8-11,16H,4-7H2,1-3H3/t8?,9?,10-,11-/m0/s1. The molecule has 4 atom stereocenters. The topological polar surface area (TPSA) is 49.8 Å². The molecule has 5 heteroatoms. The third-order valence-corrected chi connectivity index (χ3v) is 3.64. The van der Waals surface area contributed by atoms with Crippen molar-refractivity contribution in [3.05, 3.63) is 0 Å². The summed E-state index contributed by atoms with van der Waals surface area (Å²) in [5.74, 6) is 0. The smallest absolute Gasteiger partial charge is 0.410 e. The molecule has 1 N–H and O–H groups in total. The molecule has 2 bridgehead atoms. The van der Waals surface area contributed by atoms with E-state index in [4.69, 9.17) is 4.74 Å². The van der Waals surface area contributed by atoms with Crippen molar-refractivity contribution in [2.24, 2.45) is 0 Å². The van der Waals surface area contributed by atoms with Crippen LogP contribution in [0.1, 0.15) is 46.5 Å². The first-order valence-electron chi connectivity index (χ1n) is 6.63. The second-order valence-electron chi connectivity index (χ2n) is 6.29. The fraction of sp³-hybridized carbons (Fsp3) is 0.923. The lowest BCUT2D eigenvalue weighted by atomic mass is 9.82. The van der Waals surface area contributed by atoms with E-state index in [1.807, 2.05) is 0 Å².